The van der Waals surface area contributed by atoms with E-state index in [1.54, 1.807) is 0 Å². The number of nitrogens with one attached hydrogen (secondary N) is 1. The summed E-state index contributed by atoms with van der Waals surface area (Å²) >= 11 is 0. The fourth-order valence-electron chi connectivity index (χ4n) is 2.70. The summed E-state index contributed by atoms with van der Waals surface area (Å²) in [7, 11) is 0. The molecule has 0 aromatic heterocycles. The van der Waals surface area contributed by atoms with Crippen molar-refractivity contribution < 1.29 is 14.3 Å². The second kappa shape index (κ2) is 7.74. The van der Waals surface area contributed by atoms with Gasteiger partial charge in [-0.1, -0.05) is 6.42 Å². The maximum absolute atomic E-state index is 11.6. The topological polar surface area (TPSA) is 47.6 Å². The van der Waals surface area contributed by atoms with Crippen LogP contribution in [0.15, 0.2) is 0 Å². The molecule has 2 aliphatic rings. The summed E-state index contributed by atoms with van der Waals surface area (Å²) in [4.78, 5) is 11.6. The summed E-state index contributed by atoms with van der Waals surface area (Å²) in [6, 6.07) is 0. The Bertz CT molecular complexity index is 245. The largest absolute Gasteiger partial charge is 0.462 e. The molecule has 0 radical (unpaired) electrons. The van der Waals surface area contributed by atoms with E-state index in [0.717, 1.165) is 38.8 Å². The van der Waals surface area contributed by atoms with Crippen LogP contribution in [-0.4, -0.2) is 37.9 Å². The minimum absolute atomic E-state index is 0.0872. The van der Waals surface area contributed by atoms with Gasteiger partial charge < -0.3 is 14.8 Å². The molecule has 4 nitrogen and oxygen atoms in total. The molecular weight excluding hydrogens is 230 g/mol. The number of carbonyl (C=O) groups excluding carboxylic acids is 1. The van der Waals surface area contributed by atoms with Crippen LogP contribution in [0.25, 0.3) is 0 Å². The molecule has 1 aliphatic heterocycles. The summed E-state index contributed by atoms with van der Waals surface area (Å²) in [5.74, 6) is -0.0872. The first-order chi connectivity index (χ1) is 8.84. The van der Waals surface area contributed by atoms with Crippen molar-refractivity contribution in [3.05, 3.63) is 0 Å². The molecule has 0 amide bonds. The molecule has 0 atom stereocenters. The molecule has 1 saturated heterocycles. The zero-order chi connectivity index (χ0) is 12.6. The van der Waals surface area contributed by atoms with Gasteiger partial charge in [-0.15, -0.1) is 0 Å². The van der Waals surface area contributed by atoms with Gasteiger partial charge in [0.2, 0.25) is 0 Å². The predicted octanol–water partition coefficient (Wildman–Crippen LogP) is 2.02. The lowest BCUT2D eigenvalue weighted by molar-refractivity contribution is -0.152. The Hall–Kier alpha value is -0.610. The highest BCUT2D eigenvalue weighted by Gasteiger charge is 2.18. The van der Waals surface area contributed by atoms with Crippen LogP contribution >= 0.6 is 0 Å². The van der Waals surface area contributed by atoms with Crippen LogP contribution in [0.3, 0.4) is 0 Å². The van der Waals surface area contributed by atoms with E-state index in [4.69, 9.17) is 9.47 Å². The van der Waals surface area contributed by atoms with Gasteiger partial charge in [-0.25, -0.2) is 0 Å². The first kappa shape index (κ1) is 13.8. The zero-order valence-electron chi connectivity index (χ0n) is 11.2. The first-order valence-electron chi connectivity index (χ1n) is 7.36. The summed E-state index contributed by atoms with van der Waals surface area (Å²) in [5, 5.41) is 3.30. The second-order valence-corrected chi connectivity index (χ2v) is 5.32. The second-order valence-electron chi connectivity index (χ2n) is 5.32. The van der Waals surface area contributed by atoms with E-state index in [-0.39, 0.29) is 12.1 Å². The lowest BCUT2D eigenvalue weighted by Gasteiger charge is -2.24. The fourth-order valence-corrected chi connectivity index (χ4v) is 2.70. The molecule has 18 heavy (non-hydrogen) atoms. The molecule has 0 unspecified atom stereocenters. The number of esters is 1. The number of ether oxygens (including phenoxy) is 2. The quantitative estimate of drug-likeness (QED) is 0.764. The SMILES string of the molecule is O=C(CCOC1CCNCC1)OC1CCCCC1. The monoisotopic (exact) mass is 255 g/mol. The van der Waals surface area contributed by atoms with Crippen LogP contribution in [0, 0.1) is 0 Å². The molecule has 2 rings (SSSR count). The third-order valence-electron chi connectivity index (χ3n) is 3.80. The highest BCUT2D eigenvalue weighted by molar-refractivity contribution is 5.69. The lowest BCUT2D eigenvalue weighted by atomic mass is 9.98. The normalized spacial score (nSPS) is 22.9. The van der Waals surface area contributed by atoms with E-state index in [2.05, 4.69) is 5.32 Å². The molecule has 104 valence electrons. The molecule has 0 aromatic rings. The van der Waals surface area contributed by atoms with Gasteiger partial charge >= 0.3 is 5.97 Å². The Morgan fingerprint density at radius 1 is 1.00 bits per heavy atom. The van der Waals surface area contributed by atoms with E-state index >= 15 is 0 Å². The highest BCUT2D eigenvalue weighted by atomic mass is 16.5. The molecule has 0 bridgehead atoms. The summed E-state index contributed by atoms with van der Waals surface area (Å²) in [6.07, 6.45) is 8.77. The van der Waals surface area contributed by atoms with Crippen molar-refractivity contribution in [2.75, 3.05) is 19.7 Å². The van der Waals surface area contributed by atoms with Gasteiger partial charge in [-0.05, 0) is 51.6 Å². The molecule has 1 aliphatic carbocycles. The van der Waals surface area contributed by atoms with Crippen molar-refractivity contribution in [3.63, 3.8) is 0 Å². The molecule has 0 spiro atoms. The molecule has 1 N–H and O–H groups in total. The zero-order valence-corrected chi connectivity index (χ0v) is 11.2. The number of hydrogen-bond donors (Lipinski definition) is 1. The third kappa shape index (κ3) is 4.94. The van der Waals surface area contributed by atoms with Crippen LogP contribution < -0.4 is 5.32 Å². The van der Waals surface area contributed by atoms with Gasteiger partial charge in [-0.3, -0.25) is 4.79 Å². The Kier molecular flexibility index (Phi) is 5.94. The standard InChI is InChI=1S/C14H25NO3/c16-14(18-13-4-2-1-3-5-13)8-11-17-12-6-9-15-10-7-12/h12-13,15H,1-11H2. The molecule has 2 fully saturated rings. The lowest BCUT2D eigenvalue weighted by Crippen LogP contribution is -2.33. The Morgan fingerprint density at radius 3 is 2.44 bits per heavy atom. The van der Waals surface area contributed by atoms with E-state index in [9.17, 15) is 4.79 Å². The van der Waals surface area contributed by atoms with Crippen molar-refractivity contribution in [1.29, 1.82) is 0 Å². The van der Waals surface area contributed by atoms with Crippen LogP contribution in [0.2, 0.25) is 0 Å². The molecule has 1 saturated carbocycles. The van der Waals surface area contributed by atoms with Gasteiger partial charge in [0.25, 0.3) is 0 Å². The number of carbonyl (C=O) groups is 1. The average Bonchev–Trinajstić information content (AvgIpc) is 2.41. The Labute approximate surface area is 109 Å². The van der Waals surface area contributed by atoms with Gasteiger partial charge in [-0.2, -0.15) is 0 Å². The average molecular weight is 255 g/mol. The van der Waals surface area contributed by atoms with Crippen molar-refractivity contribution >= 4 is 5.97 Å². The molecule has 4 heteroatoms. The van der Waals surface area contributed by atoms with Crippen LogP contribution in [0.1, 0.15) is 51.4 Å². The first-order valence-corrected chi connectivity index (χ1v) is 7.36. The fraction of sp³-hybridized carbons (Fsp3) is 0.929. The molecule has 0 aromatic carbocycles. The molecular formula is C14H25NO3. The maximum atomic E-state index is 11.6. The summed E-state index contributed by atoms with van der Waals surface area (Å²) < 4.78 is 11.2. The summed E-state index contributed by atoms with van der Waals surface area (Å²) in [6.45, 7) is 2.56. The van der Waals surface area contributed by atoms with Crippen molar-refractivity contribution in [1.82, 2.24) is 5.32 Å². The van der Waals surface area contributed by atoms with Gasteiger partial charge in [0.05, 0.1) is 19.1 Å². The van der Waals surface area contributed by atoms with Crippen molar-refractivity contribution in [2.45, 2.75) is 63.6 Å². The van der Waals surface area contributed by atoms with Crippen LogP contribution in [0.4, 0.5) is 0 Å². The number of rotatable bonds is 5. The maximum Gasteiger partial charge on any atom is 0.308 e. The van der Waals surface area contributed by atoms with Crippen molar-refractivity contribution in [3.8, 4) is 0 Å². The Balaban J connectivity index is 1.53. The van der Waals surface area contributed by atoms with Crippen LogP contribution in [-0.2, 0) is 14.3 Å². The van der Waals surface area contributed by atoms with E-state index < -0.39 is 0 Å². The predicted molar refractivity (Wildman–Crippen MR) is 69.4 cm³/mol. The molecule has 1 heterocycles. The number of piperidine rings is 1. The minimum atomic E-state index is -0.0872. The van der Waals surface area contributed by atoms with Gasteiger partial charge in [0.15, 0.2) is 0 Å². The van der Waals surface area contributed by atoms with E-state index in [1.807, 2.05) is 0 Å². The smallest absolute Gasteiger partial charge is 0.308 e. The summed E-state index contributed by atoms with van der Waals surface area (Å²) in [5.41, 5.74) is 0. The van der Waals surface area contributed by atoms with Crippen molar-refractivity contribution in [2.24, 2.45) is 0 Å². The minimum Gasteiger partial charge on any atom is -0.462 e. The Morgan fingerprint density at radius 2 is 1.72 bits per heavy atom. The van der Waals surface area contributed by atoms with E-state index in [0.29, 0.717) is 19.1 Å². The number of hydrogen-bond acceptors (Lipinski definition) is 4. The van der Waals surface area contributed by atoms with E-state index in [1.165, 1.54) is 19.3 Å². The highest BCUT2D eigenvalue weighted by Crippen LogP contribution is 2.20. The third-order valence-corrected chi connectivity index (χ3v) is 3.80. The van der Waals surface area contributed by atoms with Crippen LogP contribution in [0.5, 0.6) is 0 Å². The van der Waals surface area contributed by atoms with Gasteiger partial charge in [0.1, 0.15) is 6.10 Å². The van der Waals surface area contributed by atoms with Gasteiger partial charge in [0, 0.05) is 0 Å².